The molecule has 1 N–H and O–H groups in total. The third-order valence-electron chi connectivity index (χ3n) is 3.09. The lowest BCUT2D eigenvalue weighted by molar-refractivity contribution is 0.111. The van der Waals surface area contributed by atoms with Gasteiger partial charge >= 0.3 is 0 Å². The largest absolute Gasteiger partial charge is 0.392 e. The summed E-state index contributed by atoms with van der Waals surface area (Å²) in [6.07, 6.45) is 8.77. The van der Waals surface area contributed by atoms with E-state index in [2.05, 4.69) is 24.3 Å². The quantitative estimate of drug-likeness (QED) is 0.489. The van der Waals surface area contributed by atoms with E-state index in [4.69, 9.17) is 0 Å². The van der Waals surface area contributed by atoms with E-state index in [0.29, 0.717) is 23.7 Å². The lowest BCUT2D eigenvalue weighted by Gasteiger charge is -2.21. The average molecular weight is 134 g/mol. The van der Waals surface area contributed by atoms with Crippen LogP contribution >= 0.6 is 0 Å². The Bertz CT molecular complexity index is 209. The van der Waals surface area contributed by atoms with Crippen molar-refractivity contribution in [2.75, 3.05) is 0 Å². The normalized spacial score (nSPS) is 60.7. The Balaban J connectivity index is 2.13. The molecule has 52 valence electrons. The Kier molecular flexibility index (Phi) is 0.706. The summed E-state index contributed by atoms with van der Waals surface area (Å²) in [5, 5.41) is 9.61. The van der Waals surface area contributed by atoms with E-state index in [0.717, 1.165) is 0 Å². The summed E-state index contributed by atoms with van der Waals surface area (Å²) in [5.74, 6) is 2.29. The summed E-state index contributed by atoms with van der Waals surface area (Å²) in [7, 11) is 0. The SMILES string of the molecule is OC1C2C=CC3C1[C@@H]3C=C2. The Hall–Kier alpha value is -0.560. The zero-order valence-corrected chi connectivity index (χ0v) is 5.64. The fourth-order valence-electron chi connectivity index (χ4n) is 2.42. The Morgan fingerprint density at radius 1 is 0.900 bits per heavy atom. The van der Waals surface area contributed by atoms with Gasteiger partial charge in [-0.25, -0.2) is 0 Å². The molecule has 0 aromatic rings. The number of fused-ring (bicyclic) bond motifs is 2. The molecule has 1 heteroatoms. The van der Waals surface area contributed by atoms with Crippen LogP contribution in [0.3, 0.4) is 0 Å². The highest BCUT2D eigenvalue weighted by molar-refractivity contribution is 5.30. The standard InChI is InChI=1S/C9H10O/c10-9-5-1-3-6-7(4-2-5)8(6)9/h1-10H/t5?,6-,7?,8?,9?/m1/s1. The first-order chi connectivity index (χ1) is 4.88. The van der Waals surface area contributed by atoms with Crippen molar-refractivity contribution in [2.45, 2.75) is 6.10 Å². The topological polar surface area (TPSA) is 20.2 Å². The number of hydrogen-bond donors (Lipinski definition) is 1. The maximum Gasteiger partial charge on any atom is 0.0677 e. The first-order valence-electron chi connectivity index (χ1n) is 3.92. The first-order valence-corrected chi connectivity index (χ1v) is 3.92. The molecule has 0 aliphatic heterocycles. The van der Waals surface area contributed by atoms with Crippen LogP contribution in [-0.4, -0.2) is 11.2 Å². The fraction of sp³-hybridized carbons (Fsp3) is 0.556. The predicted molar refractivity (Wildman–Crippen MR) is 38.2 cm³/mol. The average Bonchev–Trinajstić information content (AvgIpc) is 2.59. The summed E-state index contributed by atoms with van der Waals surface area (Å²) in [6.45, 7) is 0. The molecular weight excluding hydrogens is 124 g/mol. The minimum absolute atomic E-state index is 0.0648. The van der Waals surface area contributed by atoms with E-state index in [1.807, 2.05) is 0 Å². The molecule has 3 aliphatic rings. The summed E-state index contributed by atoms with van der Waals surface area (Å²) in [4.78, 5) is 0. The molecule has 4 unspecified atom stereocenters. The van der Waals surface area contributed by atoms with Crippen molar-refractivity contribution in [2.24, 2.45) is 23.7 Å². The first kappa shape index (κ1) is 5.14. The third kappa shape index (κ3) is 0.410. The van der Waals surface area contributed by atoms with Gasteiger partial charge in [0.2, 0.25) is 0 Å². The Morgan fingerprint density at radius 2 is 1.50 bits per heavy atom. The summed E-state index contributed by atoms with van der Waals surface area (Å²) >= 11 is 0. The highest BCUT2D eigenvalue weighted by atomic mass is 16.3. The summed E-state index contributed by atoms with van der Waals surface area (Å²) in [6, 6.07) is 0. The second-order valence-electron chi connectivity index (χ2n) is 3.57. The number of rotatable bonds is 0. The third-order valence-corrected chi connectivity index (χ3v) is 3.09. The van der Waals surface area contributed by atoms with Crippen molar-refractivity contribution >= 4 is 0 Å². The van der Waals surface area contributed by atoms with E-state index < -0.39 is 0 Å². The fourth-order valence-corrected chi connectivity index (χ4v) is 2.42. The van der Waals surface area contributed by atoms with Crippen molar-refractivity contribution in [3.63, 3.8) is 0 Å². The summed E-state index contributed by atoms with van der Waals surface area (Å²) in [5.41, 5.74) is 0. The van der Waals surface area contributed by atoms with E-state index in [-0.39, 0.29) is 6.10 Å². The van der Waals surface area contributed by atoms with Gasteiger partial charge in [0, 0.05) is 5.92 Å². The zero-order valence-electron chi connectivity index (χ0n) is 5.64. The molecule has 1 saturated carbocycles. The van der Waals surface area contributed by atoms with E-state index in [1.165, 1.54) is 0 Å². The minimum Gasteiger partial charge on any atom is -0.392 e. The predicted octanol–water partition coefficient (Wildman–Crippen LogP) is 0.965. The Morgan fingerprint density at radius 3 is 2.00 bits per heavy atom. The minimum atomic E-state index is -0.0648. The van der Waals surface area contributed by atoms with Gasteiger partial charge in [-0.15, -0.1) is 0 Å². The number of allylic oxidation sites excluding steroid dienone is 2. The molecule has 0 amide bonds. The van der Waals surface area contributed by atoms with Crippen LogP contribution in [0.1, 0.15) is 0 Å². The molecular formula is C9H10O. The van der Waals surface area contributed by atoms with Crippen LogP contribution in [0.4, 0.5) is 0 Å². The zero-order chi connectivity index (χ0) is 6.72. The van der Waals surface area contributed by atoms with Gasteiger partial charge in [-0.1, -0.05) is 24.3 Å². The van der Waals surface area contributed by atoms with E-state index >= 15 is 0 Å². The number of hydrogen-bond acceptors (Lipinski definition) is 1. The van der Waals surface area contributed by atoms with Crippen LogP contribution in [0.2, 0.25) is 0 Å². The highest BCUT2D eigenvalue weighted by Crippen LogP contribution is 2.57. The molecule has 1 fully saturated rings. The number of aliphatic hydroxyl groups excluding tert-OH is 1. The number of aliphatic hydroxyl groups is 1. The second-order valence-corrected chi connectivity index (χ2v) is 3.57. The van der Waals surface area contributed by atoms with Crippen molar-refractivity contribution in [1.29, 1.82) is 0 Å². The van der Waals surface area contributed by atoms with Gasteiger partial charge in [0.1, 0.15) is 0 Å². The van der Waals surface area contributed by atoms with Crippen molar-refractivity contribution in [1.82, 2.24) is 0 Å². The maximum atomic E-state index is 9.61. The van der Waals surface area contributed by atoms with Gasteiger partial charge in [-0.05, 0) is 17.8 Å². The molecule has 0 aromatic carbocycles. The van der Waals surface area contributed by atoms with E-state index in [9.17, 15) is 5.11 Å². The van der Waals surface area contributed by atoms with Crippen LogP contribution < -0.4 is 0 Å². The smallest absolute Gasteiger partial charge is 0.0677 e. The molecule has 1 nitrogen and oxygen atoms in total. The molecule has 3 aliphatic carbocycles. The molecule has 3 rings (SSSR count). The molecule has 0 radical (unpaired) electrons. The molecule has 10 heavy (non-hydrogen) atoms. The van der Waals surface area contributed by atoms with Crippen molar-refractivity contribution in [3.8, 4) is 0 Å². The molecule has 0 saturated heterocycles. The van der Waals surface area contributed by atoms with Crippen LogP contribution in [0, 0.1) is 23.7 Å². The van der Waals surface area contributed by atoms with Crippen LogP contribution in [0.25, 0.3) is 0 Å². The lowest BCUT2D eigenvalue weighted by Crippen LogP contribution is -2.24. The second kappa shape index (κ2) is 1.37. The Labute approximate surface area is 60.1 Å². The molecule has 0 spiro atoms. The molecule has 0 aromatic heterocycles. The van der Waals surface area contributed by atoms with Gasteiger partial charge in [0.05, 0.1) is 6.10 Å². The molecule has 5 atom stereocenters. The van der Waals surface area contributed by atoms with E-state index in [1.54, 1.807) is 0 Å². The summed E-state index contributed by atoms with van der Waals surface area (Å²) < 4.78 is 0. The van der Waals surface area contributed by atoms with Crippen LogP contribution in [0.5, 0.6) is 0 Å². The highest BCUT2D eigenvalue weighted by Gasteiger charge is 2.56. The molecule has 2 bridgehead atoms. The van der Waals surface area contributed by atoms with Gasteiger partial charge in [0.25, 0.3) is 0 Å². The van der Waals surface area contributed by atoms with Gasteiger partial charge in [-0.2, -0.15) is 0 Å². The van der Waals surface area contributed by atoms with Gasteiger partial charge < -0.3 is 5.11 Å². The maximum absolute atomic E-state index is 9.61. The monoisotopic (exact) mass is 134 g/mol. The molecule has 0 heterocycles. The lowest BCUT2D eigenvalue weighted by atomic mass is 9.90. The van der Waals surface area contributed by atoms with Crippen LogP contribution in [-0.2, 0) is 0 Å². The van der Waals surface area contributed by atoms with Crippen LogP contribution in [0.15, 0.2) is 24.3 Å². The van der Waals surface area contributed by atoms with Gasteiger partial charge in [0.15, 0.2) is 0 Å². The van der Waals surface area contributed by atoms with Crippen molar-refractivity contribution < 1.29 is 5.11 Å². The van der Waals surface area contributed by atoms with Crippen molar-refractivity contribution in [3.05, 3.63) is 24.3 Å². The van der Waals surface area contributed by atoms with Gasteiger partial charge in [-0.3, -0.25) is 0 Å².